The highest BCUT2D eigenvalue weighted by molar-refractivity contribution is 9.10. The summed E-state index contributed by atoms with van der Waals surface area (Å²) in [7, 11) is 1.99. The predicted molar refractivity (Wildman–Crippen MR) is 61.0 cm³/mol. The van der Waals surface area contributed by atoms with Crippen LogP contribution in [0.15, 0.2) is 22.8 Å². The molecule has 3 nitrogen and oxygen atoms in total. The SMILES string of the molecule is CC(N)c1cc2cc(Br)cnc2n1C. The van der Waals surface area contributed by atoms with E-state index >= 15 is 0 Å². The number of halogens is 1. The number of hydrogen-bond acceptors (Lipinski definition) is 2. The van der Waals surface area contributed by atoms with Gasteiger partial charge in [0, 0.05) is 34.8 Å². The summed E-state index contributed by atoms with van der Waals surface area (Å²) >= 11 is 3.40. The van der Waals surface area contributed by atoms with Crippen LogP contribution in [0, 0.1) is 0 Å². The van der Waals surface area contributed by atoms with Gasteiger partial charge in [0.1, 0.15) is 5.65 Å². The van der Waals surface area contributed by atoms with Gasteiger partial charge in [-0.25, -0.2) is 4.98 Å². The van der Waals surface area contributed by atoms with Crippen molar-refractivity contribution in [2.24, 2.45) is 12.8 Å². The van der Waals surface area contributed by atoms with Gasteiger partial charge in [0.15, 0.2) is 0 Å². The first-order chi connectivity index (χ1) is 6.59. The second kappa shape index (κ2) is 3.37. The minimum atomic E-state index is 0.0352. The van der Waals surface area contributed by atoms with Crippen LogP contribution < -0.4 is 5.73 Å². The number of pyridine rings is 1. The summed E-state index contributed by atoms with van der Waals surface area (Å²) in [5.74, 6) is 0. The Bertz CT molecular complexity index is 473. The maximum absolute atomic E-state index is 5.86. The second-order valence-electron chi connectivity index (χ2n) is 3.48. The van der Waals surface area contributed by atoms with Crippen LogP contribution in [0.25, 0.3) is 11.0 Å². The van der Waals surface area contributed by atoms with Gasteiger partial charge in [-0.15, -0.1) is 0 Å². The molecule has 0 aliphatic rings. The maximum atomic E-state index is 5.86. The molecule has 0 fully saturated rings. The van der Waals surface area contributed by atoms with Crippen LogP contribution in [-0.2, 0) is 7.05 Å². The minimum Gasteiger partial charge on any atom is -0.331 e. The number of aromatic nitrogens is 2. The topological polar surface area (TPSA) is 43.8 Å². The monoisotopic (exact) mass is 253 g/mol. The molecule has 0 aliphatic carbocycles. The molecule has 0 amide bonds. The molecule has 14 heavy (non-hydrogen) atoms. The number of aryl methyl sites for hydroxylation is 1. The van der Waals surface area contributed by atoms with Gasteiger partial charge < -0.3 is 10.3 Å². The van der Waals surface area contributed by atoms with E-state index in [1.165, 1.54) is 0 Å². The molecule has 74 valence electrons. The molecule has 0 aromatic carbocycles. The van der Waals surface area contributed by atoms with Gasteiger partial charge in [0.25, 0.3) is 0 Å². The maximum Gasteiger partial charge on any atom is 0.139 e. The lowest BCUT2D eigenvalue weighted by Crippen LogP contribution is -2.09. The first-order valence-electron chi connectivity index (χ1n) is 4.46. The highest BCUT2D eigenvalue weighted by Crippen LogP contribution is 2.23. The molecule has 0 aliphatic heterocycles. The Kier molecular flexibility index (Phi) is 2.33. The zero-order valence-corrected chi connectivity index (χ0v) is 9.75. The number of nitrogens with two attached hydrogens (primary N) is 1. The molecule has 2 aromatic rings. The van der Waals surface area contributed by atoms with Crippen LogP contribution in [-0.4, -0.2) is 9.55 Å². The van der Waals surface area contributed by atoms with Gasteiger partial charge in [-0.2, -0.15) is 0 Å². The van der Waals surface area contributed by atoms with Gasteiger partial charge in [-0.05, 0) is 35.0 Å². The lowest BCUT2D eigenvalue weighted by molar-refractivity contribution is 0.723. The van der Waals surface area contributed by atoms with Crippen molar-refractivity contribution >= 4 is 27.0 Å². The van der Waals surface area contributed by atoms with E-state index in [-0.39, 0.29) is 6.04 Å². The van der Waals surface area contributed by atoms with Crippen molar-refractivity contribution in [3.05, 3.63) is 28.5 Å². The van der Waals surface area contributed by atoms with E-state index in [1.54, 1.807) is 6.20 Å². The molecule has 2 aromatic heterocycles. The van der Waals surface area contributed by atoms with Crippen molar-refractivity contribution in [1.29, 1.82) is 0 Å². The summed E-state index contributed by atoms with van der Waals surface area (Å²) in [6.45, 7) is 1.98. The third-order valence-corrected chi connectivity index (χ3v) is 2.77. The first-order valence-corrected chi connectivity index (χ1v) is 5.25. The fraction of sp³-hybridized carbons (Fsp3) is 0.300. The van der Waals surface area contributed by atoms with Gasteiger partial charge >= 0.3 is 0 Å². The quantitative estimate of drug-likeness (QED) is 0.848. The van der Waals surface area contributed by atoms with E-state index in [1.807, 2.05) is 24.6 Å². The highest BCUT2D eigenvalue weighted by atomic mass is 79.9. The Morgan fingerprint density at radius 3 is 2.86 bits per heavy atom. The molecule has 1 atom stereocenters. The fourth-order valence-electron chi connectivity index (χ4n) is 1.65. The normalized spacial score (nSPS) is 13.4. The van der Waals surface area contributed by atoms with Crippen LogP contribution >= 0.6 is 15.9 Å². The Labute approximate surface area is 91.1 Å². The van der Waals surface area contributed by atoms with Gasteiger partial charge in [0.05, 0.1) is 0 Å². The molecule has 1 unspecified atom stereocenters. The number of fused-ring (bicyclic) bond motifs is 1. The van der Waals surface area contributed by atoms with E-state index in [0.29, 0.717) is 0 Å². The third kappa shape index (κ3) is 1.44. The lowest BCUT2D eigenvalue weighted by atomic mass is 10.2. The molecule has 2 rings (SSSR count). The van der Waals surface area contributed by atoms with Gasteiger partial charge in [0.2, 0.25) is 0 Å². The minimum absolute atomic E-state index is 0.0352. The lowest BCUT2D eigenvalue weighted by Gasteiger charge is -2.06. The summed E-state index contributed by atoms with van der Waals surface area (Å²) < 4.78 is 3.03. The third-order valence-electron chi connectivity index (χ3n) is 2.34. The van der Waals surface area contributed by atoms with Crippen molar-refractivity contribution in [1.82, 2.24) is 9.55 Å². The molecular formula is C10H12BrN3. The van der Waals surface area contributed by atoms with Gasteiger partial charge in [-0.1, -0.05) is 0 Å². The molecule has 0 saturated heterocycles. The molecule has 0 bridgehead atoms. The van der Waals surface area contributed by atoms with Crippen LogP contribution in [0.3, 0.4) is 0 Å². The summed E-state index contributed by atoms with van der Waals surface area (Å²) in [6, 6.07) is 4.17. The summed E-state index contributed by atoms with van der Waals surface area (Å²) in [5, 5.41) is 1.12. The molecular weight excluding hydrogens is 242 g/mol. The summed E-state index contributed by atoms with van der Waals surface area (Å²) in [5.41, 5.74) is 7.93. The zero-order chi connectivity index (χ0) is 10.3. The predicted octanol–water partition coefficient (Wildman–Crippen LogP) is 2.36. The molecule has 0 radical (unpaired) electrons. The Hall–Kier alpha value is -0.870. The van der Waals surface area contributed by atoms with Crippen molar-refractivity contribution in [2.75, 3.05) is 0 Å². The average molecular weight is 254 g/mol. The smallest absolute Gasteiger partial charge is 0.139 e. The van der Waals surface area contributed by atoms with Crippen LogP contribution in [0.4, 0.5) is 0 Å². The number of rotatable bonds is 1. The standard InChI is InChI=1S/C10H12BrN3/c1-6(12)9-4-7-3-8(11)5-13-10(7)14(9)2/h3-6H,12H2,1-2H3. The fourth-order valence-corrected chi connectivity index (χ4v) is 2.00. The molecule has 0 spiro atoms. The average Bonchev–Trinajstić information content (AvgIpc) is 2.43. The summed E-state index contributed by atoms with van der Waals surface area (Å²) in [4.78, 5) is 4.34. The van der Waals surface area contributed by atoms with Crippen molar-refractivity contribution < 1.29 is 0 Å². The molecule has 0 saturated carbocycles. The van der Waals surface area contributed by atoms with E-state index in [2.05, 4.69) is 27.0 Å². The van der Waals surface area contributed by atoms with E-state index in [0.717, 1.165) is 21.2 Å². The molecule has 2 heterocycles. The van der Waals surface area contributed by atoms with Crippen LogP contribution in [0.2, 0.25) is 0 Å². The second-order valence-corrected chi connectivity index (χ2v) is 4.40. The molecule has 2 N–H and O–H groups in total. The van der Waals surface area contributed by atoms with Crippen molar-refractivity contribution in [3.63, 3.8) is 0 Å². The Balaban J connectivity index is 2.73. The highest BCUT2D eigenvalue weighted by Gasteiger charge is 2.09. The number of nitrogens with zero attached hydrogens (tertiary/aromatic N) is 2. The largest absolute Gasteiger partial charge is 0.331 e. The molecule has 4 heteroatoms. The van der Waals surface area contributed by atoms with E-state index < -0.39 is 0 Å². The zero-order valence-electron chi connectivity index (χ0n) is 8.16. The Morgan fingerprint density at radius 1 is 1.50 bits per heavy atom. The number of hydrogen-bond donors (Lipinski definition) is 1. The van der Waals surface area contributed by atoms with E-state index in [4.69, 9.17) is 5.73 Å². The van der Waals surface area contributed by atoms with Crippen molar-refractivity contribution in [3.8, 4) is 0 Å². The summed E-state index contributed by atoms with van der Waals surface area (Å²) in [6.07, 6.45) is 1.80. The van der Waals surface area contributed by atoms with Gasteiger partial charge in [-0.3, -0.25) is 0 Å². The van der Waals surface area contributed by atoms with Crippen LogP contribution in [0.5, 0.6) is 0 Å². The first kappa shape index (κ1) is 9.68. The van der Waals surface area contributed by atoms with E-state index in [9.17, 15) is 0 Å². The van der Waals surface area contributed by atoms with Crippen molar-refractivity contribution in [2.45, 2.75) is 13.0 Å². The Morgan fingerprint density at radius 2 is 2.21 bits per heavy atom. The van der Waals surface area contributed by atoms with Crippen LogP contribution in [0.1, 0.15) is 18.7 Å².